The van der Waals surface area contributed by atoms with Gasteiger partial charge in [-0.15, -0.1) is 22.7 Å². The van der Waals surface area contributed by atoms with Gasteiger partial charge in [0.2, 0.25) is 5.91 Å². The Kier molecular flexibility index (Phi) is 4.27. The molecule has 4 heteroatoms. The van der Waals surface area contributed by atoms with Crippen molar-refractivity contribution in [3.63, 3.8) is 0 Å². The quantitative estimate of drug-likeness (QED) is 0.754. The summed E-state index contributed by atoms with van der Waals surface area (Å²) in [6, 6.07) is 4.50. The maximum absolute atomic E-state index is 12.6. The van der Waals surface area contributed by atoms with Crippen molar-refractivity contribution in [2.24, 2.45) is 0 Å². The van der Waals surface area contributed by atoms with Crippen molar-refractivity contribution < 1.29 is 4.79 Å². The number of thiophene rings is 2. The molecule has 2 nitrogen and oxygen atoms in total. The average Bonchev–Trinajstić information content (AvgIpc) is 3.12. The molecule has 0 saturated heterocycles. The first-order chi connectivity index (χ1) is 10.2. The molecule has 110 valence electrons. The van der Waals surface area contributed by atoms with E-state index < -0.39 is 0 Å². The first-order valence-corrected chi connectivity index (χ1v) is 9.05. The number of carbonyl (C=O) groups excluding carboxylic acids is 1. The second kappa shape index (κ2) is 6.16. The van der Waals surface area contributed by atoms with E-state index in [9.17, 15) is 4.79 Å². The highest BCUT2D eigenvalue weighted by Crippen LogP contribution is 2.35. The Morgan fingerprint density at radius 2 is 2.19 bits per heavy atom. The van der Waals surface area contributed by atoms with Gasteiger partial charge in [0.05, 0.1) is 6.04 Å². The van der Waals surface area contributed by atoms with E-state index in [0.29, 0.717) is 0 Å². The summed E-state index contributed by atoms with van der Waals surface area (Å²) in [6.07, 6.45) is 5.65. The predicted molar refractivity (Wildman–Crippen MR) is 90.9 cm³/mol. The molecular formula is C17H19NOS2. The SMILES string of the molecule is CCC1c2ccsc2CCN1C(=O)/C=C/c1sccc1C. The van der Waals surface area contributed by atoms with Crippen LogP contribution in [0.1, 0.15) is 40.3 Å². The monoisotopic (exact) mass is 317 g/mol. The molecular weight excluding hydrogens is 298 g/mol. The highest BCUT2D eigenvalue weighted by Gasteiger charge is 2.29. The average molecular weight is 317 g/mol. The second-order valence-electron chi connectivity index (χ2n) is 5.31. The number of fused-ring (bicyclic) bond motifs is 1. The van der Waals surface area contributed by atoms with E-state index in [0.717, 1.165) is 19.4 Å². The predicted octanol–water partition coefficient (Wildman–Crippen LogP) is 4.67. The fraction of sp³-hybridized carbons (Fsp3) is 0.353. The van der Waals surface area contributed by atoms with Gasteiger partial charge >= 0.3 is 0 Å². The van der Waals surface area contributed by atoms with Crippen LogP contribution < -0.4 is 0 Å². The number of nitrogens with zero attached hydrogens (tertiary/aromatic N) is 1. The summed E-state index contributed by atoms with van der Waals surface area (Å²) in [5.74, 6) is 0.131. The van der Waals surface area contributed by atoms with E-state index in [1.165, 1.54) is 20.9 Å². The topological polar surface area (TPSA) is 20.3 Å². The molecule has 0 N–H and O–H groups in total. The molecule has 0 bridgehead atoms. The Hall–Kier alpha value is -1.39. The lowest BCUT2D eigenvalue weighted by molar-refractivity contribution is -0.128. The van der Waals surface area contributed by atoms with Crippen molar-refractivity contribution in [1.29, 1.82) is 0 Å². The molecule has 0 aliphatic carbocycles. The number of amides is 1. The molecule has 3 rings (SSSR count). The Balaban J connectivity index is 1.79. The van der Waals surface area contributed by atoms with Crippen LogP contribution >= 0.6 is 22.7 Å². The molecule has 3 heterocycles. The summed E-state index contributed by atoms with van der Waals surface area (Å²) >= 11 is 3.50. The van der Waals surface area contributed by atoms with Gasteiger partial charge < -0.3 is 4.90 Å². The van der Waals surface area contributed by atoms with Gasteiger partial charge in [0, 0.05) is 22.4 Å². The van der Waals surface area contributed by atoms with Crippen molar-refractivity contribution in [2.75, 3.05) is 6.54 Å². The number of rotatable bonds is 3. The molecule has 0 saturated carbocycles. The summed E-state index contributed by atoms with van der Waals surface area (Å²) in [6.45, 7) is 5.07. The van der Waals surface area contributed by atoms with Crippen molar-refractivity contribution in [2.45, 2.75) is 32.7 Å². The second-order valence-corrected chi connectivity index (χ2v) is 7.25. The molecule has 1 aliphatic heterocycles. The van der Waals surface area contributed by atoms with Gasteiger partial charge in [0.1, 0.15) is 0 Å². The van der Waals surface area contributed by atoms with Crippen LogP contribution in [0.25, 0.3) is 6.08 Å². The summed E-state index contributed by atoms with van der Waals surface area (Å²) in [7, 11) is 0. The van der Waals surface area contributed by atoms with E-state index >= 15 is 0 Å². The van der Waals surface area contributed by atoms with Gasteiger partial charge in [-0.05, 0) is 59.9 Å². The third kappa shape index (κ3) is 2.83. The van der Waals surface area contributed by atoms with Crippen LogP contribution in [0.5, 0.6) is 0 Å². The lowest BCUT2D eigenvalue weighted by Crippen LogP contribution is -2.38. The first kappa shape index (κ1) is 14.5. The van der Waals surface area contributed by atoms with E-state index in [-0.39, 0.29) is 11.9 Å². The Morgan fingerprint density at radius 3 is 2.90 bits per heavy atom. The Morgan fingerprint density at radius 1 is 1.38 bits per heavy atom. The van der Waals surface area contributed by atoms with Crippen molar-refractivity contribution >= 4 is 34.7 Å². The van der Waals surface area contributed by atoms with Crippen LogP contribution in [0.3, 0.4) is 0 Å². The minimum absolute atomic E-state index is 0.131. The molecule has 0 radical (unpaired) electrons. The third-order valence-corrected chi connectivity index (χ3v) is 6.02. The summed E-state index contributed by atoms with van der Waals surface area (Å²) in [4.78, 5) is 17.2. The Bertz CT molecular complexity index is 668. The van der Waals surface area contributed by atoms with Gasteiger partial charge in [-0.2, -0.15) is 0 Å². The van der Waals surface area contributed by atoms with Gasteiger partial charge in [0.15, 0.2) is 0 Å². The standard InChI is InChI=1S/C17H19NOS2/c1-3-14-13-8-11-21-16(13)6-9-18(14)17(19)5-4-15-12(2)7-10-20-15/h4-5,7-8,10-11,14H,3,6,9H2,1-2H3/b5-4+. The van der Waals surface area contributed by atoms with E-state index in [1.54, 1.807) is 17.4 Å². The minimum Gasteiger partial charge on any atom is -0.332 e. The number of hydrogen-bond donors (Lipinski definition) is 0. The molecule has 1 atom stereocenters. The highest BCUT2D eigenvalue weighted by molar-refractivity contribution is 7.11. The summed E-state index contributed by atoms with van der Waals surface area (Å²) < 4.78 is 0. The molecule has 0 aromatic carbocycles. The van der Waals surface area contributed by atoms with Gasteiger partial charge in [-0.3, -0.25) is 4.79 Å². The van der Waals surface area contributed by atoms with Gasteiger partial charge in [0.25, 0.3) is 0 Å². The molecule has 1 amide bonds. The highest BCUT2D eigenvalue weighted by atomic mass is 32.1. The van der Waals surface area contributed by atoms with Crippen molar-refractivity contribution in [3.8, 4) is 0 Å². The lowest BCUT2D eigenvalue weighted by Gasteiger charge is -2.34. The van der Waals surface area contributed by atoms with Gasteiger partial charge in [-0.25, -0.2) is 0 Å². The zero-order chi connectivity index (χ0) is 14.8. The maximum Gasteiger partial charge on any atom is 0.247 e. The summed E-state index contributed by atoms with van der Waals surface area (Å²) in [5, 5.41) is 4.21. The van der Waals surface area contributed by atoms with E-state index in [1.807, 2.05) is 22.3 Å². The third-order valence-electron chi connectivity index (χ3n) is 4.04. The molecule has 2 aromatic heterocycles. The largest absolute Gasteiger partial charge is 0.332 e. The zero-order valence-electron chi connectivity index (χ0n) is 12.3. The molecule has 1 unspecified atom stereocenters. The van der Waals surface area contributed by atoms with E-state index in [4.69, 9.17) is 0 Å². The van der Waals surface area contributed by atoms with Crippen LogP contribution in [-0.2, 0) is 11.2 Å². The van der Waals surface area contributed by atoms with Crippen LogP contribution in [0, 0.1) is 6.92 Å². The molecule has 21 heavy (non-hydrogen) atoms. The molecule has 0 fully saturated rings. The fourth-order valence-electron chi connectivity index (χ4n) is 2.90. The lowest BCUT2D eigenvalue weighted by atomic mass is 9.97. The smallest absolute Gasteiger partial charge is 0.247 e. The maximum atomic E-state index is 12.6. The van der Waals surface area contributed by atoms with Crippen molar-refractivity contribution in [1.82, 2.24) is 4.90 Å². The van der Waals surface area contributed by atoms with E-state index in [2.05, 4.69) is 36.7 Å². The first-order valence-electron chi connectivity index (χ1n) is 7.29. The normalized spacial score (nSPS) is 18.2. The molecule has 2 aromatic rings. The Labute approximate surface area is 133 Å². The number of hydrogen-bond acceptors (Lipinski definition) is 3. The van der Waals surface area contributed by atoms with Crippen molar-refractivity contribution in [3.05, 3.63) is 49.9 Å². The number of aryl methyl sites for hydroxylation is 1. The summed E-state index contributed by atoms with van der Waals surface area (Å²) in [5.41, 5.74) is 2.58. The molecule has 1 aliphatic rings. The number of carbonyl (C=O) groups is 1. The molecule has 0 spiro atoms. The van der Waals surface area contributed by atoms with Gasteiger partial charge in [-0.1, -0.05) is 6.92 Å². The van der Waals surface area contributed by atoms with Crippen LogP contribution in [0.15, 0.2) is 29.0 Å². The fourth-order valence-corrected chi connectivity index (χ4v) is 4.65. The minimum atomic E-state index is 0.131. The van der Waals surface area contributed by atoms with Crippen LogP contribution in [-0.4, -0.2) is 17.4 Å². The zero-order valence-corrected chi connectivity index (χ0v) is 14.0. The van der Waals surface area contributed by atoms with Crippen LogP contribution in [0.4, 0.5) is 0 Å². The van der Waals surface area contributed by atoms with Crippen LogP contribution in [0.2, 0.25) is 0 Å².